The van der Waals surface area contributed by atoms with Gasteiger partial charge in [-0.1, -0.05) is 12.1 Å². The van der Waals surface area contributed by atoms with E-state index < -0.39 is 29.2 Å². The van der Waals surface area contributed by atoms with Crippen molar-refractivity contribution in [1.82, 2.24) is 0 Å². The maximum absolute atomic E-state index is 13.5. The summed E-state index contributed by atoms with van der Waals surface area (Å²) in [4.78, 5) is 34.1. The maximum Gasteiger partial charge on any atom is 0.336 e. The number of aromatic carboxylic acids is 2. The van der Waals surface area contributed by atoms with E-state index in [-0.39, 0.29) is 16.8 Å². The fourth-order valence-corrected chi connectivity index (χ4v) is 1.80. The molecule has 0 unspecified atom stereocenters. The molecule has 0 aliphatic rings. The van der Waals surface area contributed by atoms with E-state index >= 15 is 0 Å². The first-order valence-electron chi connectivity index (χ1n) is 6.06. The van der Waals surface area contributed by atoms with Gasteiger partial charge in [0, 0.05) is 0 Å². The van der Waals surface area contributed by atoms with Crippen molar-refractivity contribution in [2.45, 2.75) is 0 Å². The Labute approximate surface area is 123 Å². The van der Waals surface area contributed by atoms with Crippen LogP contribution in [0.5, 0.6) is 0 Å². The molecule has 2 aromatic carbocycles. The summed E-state index contributed by atoms with van der Waals surface area (Å²) in [5.74, 6) is -4.29. The lowest BCUT2D eigenvalue weighted by Gasteiger charge is -2.09. The molecule has 0 bridgehead atoms. The highest BCUT2D eigenvalue weighted by molar-refractivity contribution is 6.11. The first-order valence-corrected chi connectivity index (χ1v) is 6.06. The molecule has 6 nitrogen and oxygen atoms in total. The SMILES string of the molecule is O=C(O)c1ccc(C(=O)Nc2ccccc2F)c(C(=O)O)c1. The number of para-hydroxylation sites is 1. The van der Waals surface area contributed by atoms with E-state index in [0.717, 1.165) is 24.3 Å². The van der Waals surface area contributed by atoms with E-state index in [0.29, 0.717) is 0 Å². The number of halogens is 1. The zero-order valence-electron chi connectivity index (χ0n) is 11.0. The van der Waals surface area contributed by atoms with Gasteiger partial charge in [-0.3, -0.25) is 4.79 Å². The third-order valence-corrected chi connectivity index (χ3v) is 2.86. The van der Waals surface area contributed by atoms with Crippen LogP contribution in [0.3, 0.4) is 0 Å². The molecule has 0 aliphatic carbocycles. The second-order valence-corrected chi connectivity index (χ2v) is 4.30. The smallest absolute Gasteiger partial charge is 0.336 e. The van der Waals surface area contributed by atoms with Gasteiger partial charge in [-0.05, 0) is 30.3 Å². The molecule has 0 aliphatic heterocycles. The molecule has 0 fully saturated rings. The van der Waals surface area contributed by atoms with Crippen LogP contribution in [-0.4, -0.2) is 28.1 Å². The molecule has 0 radical (unpaired) electrons. The highest BCUT2D eigenvalue weighted by atomic mass is 19.1. The lowest BCUT2D eigenvalue weighted by Crippen LogP contribution is -2.18. The van der Waals surface area contributed by atoms with Gasteiger partial charge in [0.05, 0.1) is 22.4 Å². The fraction of sp³-hybridized carbons (Fsp3) is 0. The monoisotopic (exact) mass is 303 g/mol. The van der Waals surface area contributed by atoms with Crippen LogP contribution in [0.2, 0.25) is 0 Å². The molecule has 0 atom stereocenters. The minimum atomic E-state index is -1.46. The van der Waals surface area contributed by atoms with Crippen molar-refractivity contribution >= 4 is 23.5 Å². The normalized spacial score (nSPS) is 10.0. The number of carboxylic acid groups (broad SMARTS) is 2. The maximum atomic E-state index is 13.5. The topological polar surface area (TPSA) is 104 Å². The van der Waals surface area contributed by atoms with Gasteiger partial charge in [-0.15, -0.1) is 0 Å². The molecule has 0 aromatic heterocycles. The zero-order chi connectivity index (χ0) is 16.3. The van der Waals surface area contributed by atoms with Gasteiger partial charge in [-0.2, -0.15) is 0 Å². The summed E-state index contributed by atoms with van der Waals surface area (Å²) in [7, 11) is 0. The number of amides is 1. The highest BCUT2D eigenvalue weighted by Gasteiger charge is 2.19. The number of anilines is 1. The van der Waals surface area contributed by atoms with Crippen LogP contribution in [0, 0.1) is 5.82 Å². The highest BCUT2D eigenvalue weighted by Crippen LogP contribution is 2.17. The Morgan fingerprint density at radius 1 is 0.909 bits per heavy atom. The molecule has 7 heteroatoms. The van der Waals surface area contributed by atoms with E-state index in [9.17, 15) is 18.8 Å². The minimum Gasteiger partial charge on any atom is -0.478 e. The van der Waals surface area contributed by atoms with E-state index in [2.05, 4.69) is 5.32 Å². The molecule has 2 aromatic rings. The van der Waals surface area contributed by atoms with Crippen molar-refractivity contribution in [3.05, 3.63) is 65.0 Å². The summed E-state index contributed by atoms with van der Waals surface area (Å²) in [6, 6.07) is 8.45. The predicted octanol–water partition coefficient (Wildman–Crippen LogP) is 2.47. The fourth-order valence-electron chi connectivity index (χ4n) is 1.80. The second kappa shape index (κ2) is 6.04. The number of nitrogens with one attached hydrogen (secondary N) is 1. The Hall–Kier alpha value is -3.22. The Morgan fingerprint density at radius 2 is 1.59 bits per heavy atom. The van der Waals surface area contributed by atoms with Crippen LogP contribution in [0.25, 0.3) is 0 Å². The zero-order valence-corrected chi connectivity index (χ0v) is 11.0. The van der Waals surface area contributed by atoms with Gasteiger partial charge in [0.2, 0.25) is 0 Å². The summed E-state index contributed by atoms with van der Waals surface area (Å²) in [5, 5.41) is 20.2. The summed E-state index contributed by atoms with van der Waals surface area (Å²) in [6.45, 7) is 0. The number of rotatable bonds is 4. The lowest BCUT2D eigenvalue weighted by molar-refractivity contribution is 0.0692. The van der Waals surface area contributed by atoms with Gasteiger partial charge in [0.1, 0.15) is 5.82 Å². The third kappa shape index (κ3) is 3.09. The third-order valence-electron chi connectivity index (χ3n) is 2.86. The first kappa shape index (κ1) is 15.2. The number of hydrogen-bond donors (Lipinski definition) is 3. The van der Waals surface area contributed by atoms with Crippen LogP contribution >= 0.6 is 0 Å². The number of carbonyl (C=O) groups is 3. The summed E-state index contributed by atoms with van der Waals surface area (Å²) >= 11 is 0. The molecule has 0 saturated carbocycles. The van der Waals surface area contributed by atoms with Crippen LogP contribution in [0.4, 0.5) is 10.1 Å². The Morgan fingerprint density at radius 3 is 2.18 bits per heavy atom. The Kier molecular flexibility index (Phi) is 4.17. The van der Waals surface area contributed by atoms with Gasteiger partial charge in [0.15, 0.2) is 0 Å². The lowest BCUT2D eigenvalue weighted by atomic mass is 10.0. The molecule has 112 valence electrons. The molecular weight excluding hydrogens is 293 g/mol. The van der Waals surface area contributed by atoms with Gasteiger partial charge in [0.25, 0.3) is 5.91 Å². The molecule has 22 heavy (non-hydrogen) atoms. The summed E-state index contributed by atoms with van der Waals surface area (Å²) in [5.41, 5.74) is -1.11. The van der Waals surface area contributed by atoms with Crippen molar-refractivity contribution in [2.75, 3.05) is 5.32 Å². The van der Waals surface area contributed by atoms with Crippen molar-refractivity contribution in [2.24, 2.45) is 0 Å². The second-order valence-electron chi connectivity index (χ2n) is 4.30. The number of carbonyl (C=O) groups excluding carboxylic acids is 1. The van der Waals surface area contributed by atoms with Crippen LogP contribution in [0.15, 0.2) is 42.5 Å². The predicted molar refractivity (Wildman–Crippen MR) is 74.7 cm³/mol. The Balaban J connectivity index is 2.39. The molecule has 2 rings (SSSR count). The molecular formula is C15H10FNO5. The van der Waals surface area contributed by atoms with E-state index in [1.165, 1.54) is 18.2 Å². The molecule has 0 heterocycles. The first-order chi connectivity index (χ1) is 10.4. The number of hydrogen-bond acceptors (Lipinski definition) is 3. The van der Waals surface area contributed by atoms with Crippen molar-refractivity contribution < 1.29 is 29.0 Å². The van der Waals surface area contributed by atoms with Crippen LogP contribution in [0.1, 0.15) is 31.1 Å². The largest absolute Gasteiger partial charge is 0.478 e. The molecule has 1 amide bonds. The quantitative estimate of drug-likeness (QED) is 0.805. The van der Waals surface area contributed by atoms with E-state index in [1.807, 2.05) is 0 Å². The average Bonchev–Trinajstić information content (AvgIpc) is 2.48. The minimum absolute atomic E-state index is 0.105. The molecule has 0 spiro atoms. The molecule has 3 N–H and O–H groups in total. The average molecular weight is 303 g/mol. The summed E-state index contributed by atoms with van der Waals surface area (Å²) < 4.78 is 13.5. The van der Waals surface area contributed by atoms with Gasteiger partial charge < -0.3 is 15.5 Å². The summed E-state index contributed by atoms with van der Waals surface area (Å²) in [6.07, 6.45) is 0. The standard InChI is InChI=1S/C15H10FNO5/c16-11-3-1-2-4-12(11)17-13(18)9-6-5-8(14(19)20)7-10(9)15(21)22/h1-7H,(H,17,18)(H,19,20)(H,21,22). The van der Waals surface area contributed by atoms with Crippen LogP contribution < -0.4 is 5.32 Å². The van der Waals surface area contributed by atoms with Crippen molar-refractivity contribution in [3.63, 3.8) is 0 Å². The van der Waals surface area contributed by atoms with Crippen molar-refractivity contribution in [3.8, 4) is 0 Å². The number of carboxylic acids is 2. The van der Waals surface area contributed by atoms with E-state index in [1.54, 1.807) is 0 Å². The van der Waals surface area contributed by atoms with Gasteiger partial charge >= 0.3 is 11.9 Å². The van der Waals surface area contributed by atoms with Gasteiger partial charge in [-0.25, -0.2) is 14.0 Å². The van der Waals surface area contributed by atoms with Crippen LogP contribution in [-0.2, 0) is 0 Å². The number of benzene rings is 2. The molecule has 0 saturated heterocycles. The Bertz CT molecular complexity index is 772. The van der Waals surface area contributed by atoms with E-state index in [4.69, 9.17) is 10.2 Å². The van der Waals surface area contributed by atoms with Crippen molar-refractivity contribution in [1.29, 1.82) is 0 Å².